The van der Waals surface area contributed by atoms with Gasteiger partial charge in [-0.25, -0.2) is 0 Å². The number of fused-ring (bicyclic) bond motifs is 1. The van der Waals surface area contributed by atoms with Gasteiger partial charge in [0, 0.05) is 28.3 Å². The van der Waals surface area contributed by atoms with Crippen LogP contribution in [0.15, 0.2) is 30.5 Å². The molecule has 2 aromatic rings. The lowest BCUT2D eigenvalue weighted by Crippen LogP contribution is -2.30. The molecule has 0 radical (unpaired) electrons. The monoisotopic (exact) mass is 274 g/mol. The predicted molar refractivity (Wildman–Crippen MR) is 81.8 cm³/mol. The number of halogens is 1. The van der Waals surface area contributed by atoms with Crippen molar-refractivity contribution >= 4 is 28.2 Å². The molecule has 1 heterocycles. The third kappa shape index (κ3) is 2.69. The summed E-state index contributed by atoms with van der Waals surface area (Å²) < 4.78 is 0. The molecule has 2 atom stereocenters. The van der Waals surface area contributed by atoms with Crippen LogP contribution in [-0.4, -0.2) is 11.0 Å². The van der Waals surface area contributed by atoms with E-state index < -0.39 is 0 Å². The van der Waals surface area contributed by atoms with E-state index in [-0.39, 0.29) is 0 Å². The summed E-state index contributed by atoms with van der Waals surface area (Å²) in [5, 5.41) is 5.58. The number of aromatic nitrogens is 1. The lowest BCUT2D eigenvalue weighted by atomic mass is 9.86. The van der Waals surface area contributed by atoms with Crippen molar-refractivity contribution in [2.24, 2.45) is 5.92 Å². The minimum absolute atomic E-state index is 0.568. The van der Waals surface area contributed by atoms with Crippen molar-refractivity contribution in [1.82, 2.24) is 4.98 Å². The highest BCUT2D eigenvalue weighted by molar-refractivity contribution is 6.31. The Bertz CT molecular complexity index is 582. The number of nitrogens with one attached hydrogen (secondary N) is 1. The van der Waals surface area contributed by atoms with Crippen LogP contribution in [0.2, 0.25) is 5.02 Å². The van der Waals surface area contributed by atoms with Crippen molar-refractivity contribution in [1.29, 1.82) is 0 Å². The molecule has 1 fully saturated rings. The van der Waals surface area contributed by atoms with Crippen LogP contribution >= 0.6 is 11.6 Å². The maximum Gasteiger partial charge on any atom is 0.0723 e. The van der Waals surface area contributed by atoms with Crippen LogP contribution in [0.1, 0.15) is 32.6 Å². The number of benzene rings is 1. The Morgan fingerprint density at radius 3 is 2.89 bits per heavy atom. The number of rotatable bonds is 2. The van der Waals surface area contributed by atoms with Crippen LogP contribution in [0.25, 0.3) is 10.9 Å². The van der Waals surface area contributed by atoms with Crippen LogP contribution in [0.5, 0.6) is 0 Å². The summed E-state index contributed by atoms with van der Waals surface area (Å²) in [5.41, 5.74) is 2.16. The van der Waals surface area contributed by atoms with Gasteiger partial charge < -0.3 is 5.32 Å². The Morgan fingerprint density at radius 2 is 2.05 bits per heavy atom. The van der Waals surface area contributed by atoms with Crippen molar-refractivity contribution in [2.45, 2.75) is 38.6 Å². The quantitative estimate of drug-likeness (QED) is 0.844. The van der Waals surface area contributed by atoms with E-state index in [2.05, 4.69) is 23.3 Å². The molecule has 1 N–H and O–H groups in total. The highest BCUT2D eigenvalue weighted by Crippen LogP contribution is 2.30. The number of hydrogen-bond donors (Lipinski definition) is 1. The highest BCUT2D eigenvalue weighted by Gasteiger charge is 2.21. The second kappa shape index (κ2) is 5.38. The Morgan fingerprint density at radius 1 is 1.21 bits per heavy atom. The largest absolute Gasteiger partial charge is 0.381 e. The molecule has 2 nitrogen and oxygen atoms in total. The molecule has 19 heavy (non-hydrogen) atoms. The van der Waals surface area contributed by atoms with Crippen LogP contribution in [0.4, 0.5) is 5.69 Å². The first kappa shape index (κ1) is 12.7. The van der Waals surface area contributed by atoms with Gasteiger partial charge in [0.15, 0.2) is 0 Å². The molecular formula is C16H19ClN2. The Labute approximate surface area is 119 Å². The smallest absolute Gasteiger partial charge is 0.0723 e. The summed E-state index contributed by atoms with van der Waals surface area (Å²) >= 11 is 6.11. The molecule has 1 aliphatic rings. The molecule has 1 aromatic carbocycles. The number of anilines is 1. The molecule has 3 rings (SSSR count). The minimum Gasteiger partial charge on any atom is -0.381 e. The zero-order valence-electron chi connectivity index (χ0n) is 11.2. The molecule has 0 bridgehead atoms. The first-order chi connectivity index (χ1) is 9.24. The van der Waals surface area contributed by atoms with Gasteiger partial charge in [-0.3, -0.25) is 4.98 Å². The van der Waals surface area contributed by atoms with E-state index in [1.54, 1.807) is 0 Å². The van der Waals surface area contributed by atoms with Crippen molar-refractivity contribution in [2.75, 3.05) is 5.32 Å². The van der Waals surface area contributed by atoms with E-state index in [1.165, 1.54) is 25.7 Å². The van der Waals surface area contributed by atoms with E-state index in [0.717, 1.165) is 27.5 Å². The fourth-order valence-electron chi connectivity index (χ4n) is 2.97. The van der Waals surface area contributed by atoms with Gasteiger partial charge in [0.25, 0.3) is 0 Å². The second-order valence-electron chi connectivity index (χ2n) is 5.53. The zero-order valence-corrected chi connectivity index (χ0v) is 12.0. The first-order valence-electron chi connectivity index (χ1n) is 7.05. The highest BCUT2D eigenvalue weighted by atomic mass is 35.5. The lowest BCUT2D eigenvalue weighted by molar-refractivity contribution is 0.350. The zero-order chi connectivity index (χ0) is 13.2. The fraction of sp³-hybridized carbons (Fsp3) is 0.438. The van der Waals surface area contributed by atoms with Crippen LogP contribution in [0, 0.1) is 5.92 Å². The third-order valence-corrected chi connectivity index (χ3v) is 4.39. The van der Waals surface area contributed by atoms with Gasteiger partial charge in [0.2, 0.25) is 0 Å². The molecule has 0 saturated heterocycles. The number of hydrogen-bond acceptors (Lipinski definition) is 2. The summed E-state index contributed by atoms with van der Waals surface area (Å²) in [7, 11) is 0. The SMILES string of the molecule is CC1CCCCC1Nc1ccnc2ccc(Cl)cc12. The standard InChI is InChI=1S/C16H19ClN2/c1-11-4-2-3-5-14(11)19-16-8-9-18-15-7-6-12(17)10-13(15)16/h6-11,14H,2-5H2,1H3,(H,18,19). The summed E-state index contributed by atoms with van der Waals surface area (Å²) in [5.74, 6) is 0.733. The van der Waals surface area contributed by atoms with E-state index >= 15 is 0 Å². The van der Waals surface area contributed by atoms with Gasteiger partial charge in [-0.1, -0.05) is 31.4 Å². The molecule has 1 aliphatic carbocycles. The second-order valence-corrected chi connectivity index (χ2v) is 5.97. The molecule has 1 aromatic heterocycles. The molecule has 0 amide bonds. The average Bonchev–Trinajstić information content (AvgIpc) is 2.42. The topological polar surface area (TPSA) is 24.9 Å². The summed E-state index contributed by atoms with van der Waals surface area (Å²) in [6, 6.07) is 8.50. The van der Waals surface area contributed by atoms with Gasteiger partial charge in [-0.05, 0) is 43.0 Å². The van der Waals surface area contributed by atoms with E-state index in [0.29, 0.717) is 6.04 Å². The molecule has 2 unspecified atom stereocenters. The van der Waals surface area contributed by atoms with E-state index in [9.17, 15) is 0 Å². The Hall–Kier alpha value is -1.28. The molecule has 3 heteroatoms. The fourth-order valence-corrected chi connectivity index (χ4v) is 3.15. The van der Waals surface area contributed by atoms with Gasteiger partial charge in [0.1, 0.15) is 0 Å². The summed E-state index contributed by atoms with van der Waals surface area (Å²) in [6.45, 7) is 2.34. The van der Waals surface area contributed by atoms with Gasteiger partial charge in [-0.2, -0.15) is 0 Å². The van der Waals surface area contributed by atoms with Crippen molar-refractivity contribution < 1.29 is 0 Å². The van der Waals surface area contributed by atoms with Crippen molar-refractivity contribution in [3.63, 3.8) is 0 Å². The first-order valence-corrected chi connectivity index (χ1v) is 7.42. The molecular weight excluding hydrogens is 256 g/mol. The third-order valence-electron chi connectivity index (χ3n) is 4.16. The van der Waals surface area contributed by atoms with Crippen molar-refractivity contribution in [3.8, 4) is 0 Å². The van der Waals surface area contributed by atoms with Crippen molar-refractivity contribution in [3.05, 3.63) is 35.5 Å². The lowest BCUT2D eigenvalue weighted by Gasteiger charge is -2.30. The Kier molecular flexibility index (Phi) is 3.61. The molecule has 0 spiro atoms. The normalized spacial score (nSPS) is 23.5. The maximum atomic E-state index is 6.11. The van der Waals surface area contributed by atoms with Crippen LogP contribution in [-0.2, 0) is 0 Å². The van der Waals surface area contributed by atoms with Gasteiger partial charge in [0.05, 0.1) is 5.52 Å². The van der Waals surface area contributed by atoms with E-state index in [4.69, 9.17) is 11.6 Å². The number of nitrogens with zero attached hydrogens (tertiary/aromatic N) is 1. The van der Waals surface area contributed by atoms with Crippen LogP contribution in [0.3, 0.4) is 0 Å². The summed E-state index contributed by atoms with van der Waals surface area (Å²) in [6.07, 6.45) is 7.13. The Balaban J connectivity index is 1.93. The van der Waals surface area contributed by atoms with Gasteiger partial charge >= 0.3 is 0 Å². The average molecular weight is 275 g/mol. The van der Waals surface area contributed by atoms with Crippen LogP contribution < -0.4 is 5.32 Å². The van der Waals surface area contributed by atoms with E-state index in [1.807, 2.05) is 24.4 Å². The maximum absolute atomic E-state index is 6.11. The minimum atomic E-state index is 0.568. The number of pyridine rings is 1. The summed E-state index contributed by atoms with van der Waals surface area (Å²) in [4.78, 5) is 4.40. The molecule has 1 saturated carbocycles. The van der Waals surface area contributed by atoms with Gasteiger partial charge in [-0.15, -0.1) is 0 Å². The predicted octanol–water partition coefficient (Wildman–Crippen LogP) is 4.88. The molecule has 100 valence electrons. The molecule has 0 aliphatic heterocycles.